The van der Waals surface area contributed by atoms with Gasteiger partial charge in [0.2, 0.25) is 0 Å². The number of aromatic amines is 1. The number of nitrogens with one attached hydrogen (secondary N) is 1. The van der Waals surface area contributed by atoms with Crippen molar-refractivity contribution in [3.05, 3.63) is 64.3 Å². The fourth-order valence-corrected chi connectivity index (χ4v) is 2.24. The number of nitrogens with zero attached hydrogens (tertiary/aromatic N) is 1. The van der Waals surface area contributed by atoms with Crippen LogP contribution >= 0.6 is 0 Å². The van der Waals surface area contributed by atoms with E-state index < -0.39 is 23.2 Å². The zero-order valence-electron chi connectivity index (χ0n) is 10.4. The fourth-order valence-electron chi connectivity index (χ4n) is 2.24. The number of aromatic nitrogens is 2. The Kier molecular flexibility index (Phi) is 2.86. The molecule has 108 valence electrons. The van der Waals surface area contributed by atoms with Crippen LogP contribution < -0.4 is 5.69 Å². The molecule has 1 heterocycles. The number of imidazole rings is 1. The number of hydrogen-bond acceptors (Lipinski definition) is 1. The van der Waals surface area contributed by atoms with Crippen LogP contribution in [0.1, 0.15) is 5.56 Å². The summed E-state index contributed by atoms with van der Waals surface area (Å²) in [6.07, 6.45) is -4.59. The predicted molar refractivity (Wildman–Crippen MR) is 68.9 cm³/mol. The van der Waals surface area contributed by atoms with E-state index in [4.69, 9.17) is 0 Å². The van der Waals surface area contributed by atoms with Crippen LogP contribution in [0, 0.1) is 5.82 Å². The fraction of sp³-hybridized carbons (Fsp3) is 0.0714. The molecule has 0 saturated carbocycles. The standard InChI is InChI=1S/C14H8F4N2O/c15-8-3-1-4-9(7-8)20-11-6-2-5-10(14(16,17)18)12(11)19-13(20)21/h1-7H,(H,19,21). The zero-order valence-corrected chi connectivity index (χ0v) is 10.4. The van der Waals surface area contributed by atoms with Crippen molar-refractivity contribution in [2.75, 3.05) is 0 Å². The van der Waals surface area contributed by atoms with Gasteiger partial charge in [0.15, 0.2) is 0 Å². The van der Waals surface area contributed by atoms with Crippen LogP contribution in [-0.4, -0.2) is 9.55 Å². The largest absolute Gasteiger partial charge is 0.418 e. The van der Waals surface area contributed by atoms with Crippen LogP contribution in [0.15, 0.2) is 47.3 Å². The normalized spacial score (nSPS) is 12.0. The van der Waals surface area contributed by atoms with E-state index in [1.807, 2.05) is 0 Å². The molecular weight excluding hydrogens is 288 g/mol. The van der Waals surface area contributed by atoms with Gasteiger partial charge in [-0.15, -0.1) is 0 Å². The highest BCUT2D eigenvalue weighted by atomic mass is 19.4. The van der Waals surface area contributed by atoms with E-state index in [-0.39, 0.29) is 16.7 Å². The molecule has 1 N–H and O–H groups in total. The van der Waals surface area contributed by atoms with Crippen molar-refractivity contribution in [1.29, 1.82) is 0 Å². The molecule has 0 radical (unpaired) electrons. The minimum atomic E-state index is -4.59. The van der Waals surface area contributed by atoms with E-state index in [1.54, 1.807) is 0 Å². The van der Waals surface area contributed by atoms with Crippen molar-refractivity contribution >= 4 is 11.0 Å². The SMILES string of the molecule is O=c1[nH]c2c(C(F)(F)F)cccc2n1-c1cccc(F)c1. The predicted octanol–water partition coefficient (Wildman–Crippen LogP) is 3.48. The molecule has 0 aliphatic rings. The van der Waals surface area contributed by atoms with Gasteiger partial charge in [0.25, 0.3) is 0 Å². The van der Waals surface area contributed by atoms with E-state index in [0.29, 0.717) is 0 Å². The minimum Gasteiger partial charge on any atom is -0.305 e. The lowest BCUT2D eigenvalue weighted by atomic mass is 10.1. The smallest absolute Gasteiger partial charge is 0.305 e. The van der Waals surface area contributed by atoms with E-state index in [0.717, 1.165) is 16.7 Å². The van der Waals surface area contributed by atoms with Gasteiger partial charge >= 0.3 is 11.9 Å². The molecule has 0 atom stereocenters. The number of rotatable bonds is 1. The molecule has 0 spiro atoms. The molecule has 0 unspecified atom stereocenters. The number of halogens is 4. The number of para-hydroxylation sites is 1. The van der Waals surface area contributed by atoms with Gasteiger partial charge in [-0.3, -0.25) is 4.57 Å². The highest BCUT2D eigenvalue weighted by molar-refractivity contribution is 5.81. The Morgan fingerprint density at radius 2 is 1.76 bits per heavy atom. The quantitative estimate of drug-likeness (QED) is 0.686. The Morgan fingerprint density at radius 3 is 2.43 bits per heavy atom. The Morgan fingerprint density at radius 1 is 1.05 bits per heavy atom. The molecule has 0 amide bonds. The summed E-state index contributed by atoms with van der Waals surface area (Å²) in [6.45, 7) is 0. The van der Waals surface area contributed by atoms with Crippen molar-refractivity contribution in [2.45, 2.75) is 6.18 Å². The monoisotopic (exact) mass is 296 g/mol. The lowest BCUT2D eigenvalue weighted by Crippen LogP contribution is -2.14. The van der Waals surface area contributed by atoms with Gasteiger partial charge in [-0.2, -0.15) is 13.2 Å². The Hall–Kier alpha value is -2.57. The Balaban J connectivity index is 2.36. The molecule has 21 heavy (non-hydrogen) atoms. The van der Waals surface area contributed by atoms with Crippen LogP contribution in [0.3, 0.4) is 0 Å². The highest BCUT2D eigenvalue weighted by Gasteiger charge is 2.33. The Labute approximate surface area is 115 Å². The van der Waals surface area contributed by atoms with Gasteiger partial charge in [0.05, 0.1) is 22.3 Å². The molecule has 2 aromatic carbocycles. The molecule has 0 bridgehead atoms. The molecule has 0 aliphatic heterocycles. The van der Waals surface area contributed by atoms with Gasteiger partial charge < -0.3 is 4.98 Å². The van der Waals surface area contributed by atoms with Crippen molar-refractivity contribution in [3.63, 3.8) is 0 Å². The highest BCUT2D eigenvalue weighted by Crippen LogP contribution is 2.33. The molecule has 3 aromatic rings. The molecule has 7 heteroatoms. The third-order valence-electron chi connectivity index (χ3n) is 3.09. The third-order valence-corrected chi connectivity index (χ3v) is 3.09. The van der Waals surface area contributed by atoms with Gasteiger partial charge in [-0.05, 0) is 30.3 Å². The summed E-state index contributed by atoms with van der Waals surface area (Å²) >= 11 is 0. The van der Waals surface area contributed by atoms with Crippen molar-refractivity contribution < 1.29 is 17.6 Å². The summed E-state index contributed by atoms with van der Waals surface area (Å²) in [5, 5.41) is 0. The van der Waals surface area contributed by atoms with Gasteiger partial charge in [-0.1, -0.05) is 12.1 Å². The maximum absolute atomic E-state index is 13.3. The van der Waals surface area contributed by atoms with Crippen LogP contribution in [0.2, 0.25) is 0 Å². The van der Waals surface area contributed by atoms with Crippen LogP contribution in [0.5, 0.6) is 0 Å². The third kappa shape index (κ3) is 2.20. The summed E-state index contributed by atoms with van der Waals surface area (Å²) in [4.78, 5) is 14.1. The molecule has 1 aromatic heterocycles. The molecule has 0 aliphatic carbocycles. The second-order valence-electron chi connectivity index (χ2n) is 4.44. The first-order valence-corrected chi connectivity index (χ1v) is 5.95. The molecule has 3 nitrogen and oxygen atoms in total. The lowest BCUT2D eigenvalue weighted by molar-refractivity contribution is -0.136. The summed E-state index contributed by atoms with van der Waals surface area (Å²) in [6, 6.07) is 8.54. The molecular formula is C14H8F4N2O. The molecule has 0 saturated heterocycles. The van der Waals surface area contributed by atoms with E-state index in [2.05, 4.69) is 4.98 Å². The van der Waals surface area contributed by atoms with E-state index in [9.17, 15) is 22.4 Å². The maximum Gasteiger partial charge on any atom is 0.418 e. The summed E-state index contributed by atoms with van der Waals surface area (Å²) in [5.41, 5.74) is -1.81. The summed E-state index contributed by atoms with van der Waals surface area (Å²) in [5.74, 6) is -0.583. The van der Waals surface area contributed by atoms with Gasteiger partial charge in [0.1, 0.15) is 5.82 Å². The topological polar surface area (TPSA) is 37.8 Å². The average Bonchev–Trinajstić information content (AvgIpc) is 2.73. The van der Waals surface area contributed by atoms with Crippen molar-refractivity contribution in [2.24, 2.45) is 0 Å². The first-order valence-electron chi connectivity index (χ1n) is 5.95. The Bertz CT molecular complexity index is 877. The van der Waals surface area contributed by atoms with E-state index in [1.165, 1.54) is 30.3 Å². The summed E-state index contributed by atoms with van der Waals surface area (Å²) < 4.78 is 53.1. The first-order chi connectivity index (χ1) is 9.88. The average molecular weight is 296 g/mol. The van der Waals surface area contributed by atoms with Crippen LogP contribution in [-0.2, 0) is 6.18 Å². The number of hydrogen-bond donors (Lipinski definition) is 1. The van der Waals surface area contributed by atoms with Crippen LogP contribution in [0.4, 0.5) is 17.6 Å². The molecule has 0 fully saturated rings. The van der Waals surface area contributed by atoms with E-state index >= 15 is 0 Å². The van der Waals surface area contributed by atoms with Crippen molar-refractivity contribution in [3.8, 4) is 5.69 Å². The zero-order chi connectivity index (χ0) is 15.2. The number of fused-ring (bicyclic) bond motifs is 1. The number of alkyl halides is 3. The number of benzene rings is 2. The van der Waals surface area contributed by atoms with Gasteiger partial charge in [-0.25, -0.2) is 9.18 Å². The first kappa shape index (κ1) is 13.4. The second kappa shape index (κ2) is 4.47. The van der Waals surface area contributed by atoms with Crippen molar-refractivity contribution in [1.82, 2.24) is 9.55 Å². The number of H-pyrrole nitrogens is 1. The lowest BCUT2D eigenvalue weighted by Gasteiger charge is -2.08. The van der Waals surface area contributed by atoms with Crippen LogP contribution in [0.25, 0.3) is 16.7 Å². The molecule has 3 rings (SSSR count). The van der Waals surface area contributed by atoms with Gasteiger partial charge in [0, 0.05) is 0 Å². The maximum atomic E-state index is 13.3. The minimum absolute atomic E-state index is 0.0421. The second-order valence-corrected chi connectivity index (χ2v) is 4.44. The summed E-state index contributed by atoms with van der Waals surface area (Å²) in [7, 11) is 0.